The molecular formula is C10H6I2N2O2. The van der Waals surface area contributed by atoms with Crippen molar-refractivity contribution >= 4 is 45.2 Å². The number of aromatic nitrogens is 2. The van der Waals surface area contributed by atoms with E-state index >= 15 is 0 Å². The number of nitrogens with zero attached hydrogens (tertiary/aromatic N) is 2. The lowest BCUT2D eigenvalue weighted by atomic mass is 10.5. The maximum absolute atomic E-state index is 11.8. The number of rotatable bonds is 2. The van der Waals surface area contributed by atoms with E-state index in [1.54, 1.807) is 0 Å². The van der Waals surface area contributed by atoms with Gasteiger partial charge in [-0.2, -0.15) is 0 Å². The van der Waals surface area contributed by atoms with Crippen LogP contribution in [-0.4, -0.2) is 9.13 Å². The first-order chi connectivity index (χ1) is 7.70. The summed E-state index contributed by atoms with van der Waals surface area (Å²) >= 11 is 3.76. The number of halogens is 2. The van der Waals surface area contributed by atoms with Crippen molar-refractivity contribution in [3.05, 3.63) is 33.1 Å². The molecule has 1 heterocycles. The second-order valence-electron chi connectivity index (χ2n) is 2.69. The van der Waals surface area contributed by atoms with Crippen LogP contribution in [0.4, 0.5) is 0 Å². The summed E-state index contributed by atoms with van der Waals surface area (Å²) in [5, 5.41) is 0. The van der Waals surface area contributed by atoms with E-state index in [0.717, 1.165) is 4.57 Å². The molecule has 0 saturated heterocycles. The molecule has 0 aliphatic rings. The van der Waals surface area contributed by atoms with Gasteiger partial charge in [0, 0.05) is 57.4 Å². The lowest BCUT2D eigenvalue weighted by molar-refractivity contribution is 0.637. The van der Waals surface area contributed by atoms with Crippen LogP contribution in [0.2, 0.25) is 0 Å². The standard InChI is InChI=1S/C10H6I2N2O2/c11-4-1-6-13-8-3-9(15)14(10(13)16)7-2-5-12/h3,8H,6-7H2. The molecule has 0 unspecified atom stereocenters. The molecule has 82 valence electrons. The van der Waals surface area contributed by atoms with E-state index in [0.29, 0.717) is 0 Å². The zero-order valence-corrected chi connectivity index (χ0v) is 12.4. The number of hydrogen-bond acceptors (Lipinski definition) is 2. The van der Waals surface area contributed by atoms with Crippen molar-refractivity contribution in [1.29, 1.82) is 0 Å². The van der Waals surface area contributed by atoms with Crippen LogP contribution in [0, 0.1) is 19.7 Å². The molecule has 1 aromatic rings. The van der Waals surface area contributed by atoms with Crippen LogP contribution >= 0.6 is 45.2 Å². The van der Waals surface area contributed by atoms with Crippen molar-refractivity contribution in [2.45, 2.75) is 13.1 Å². The van der Waals surface area contributed by atoms with Gasteiger partial charge in [0.2, 0.25) is 0 Å². The second-order valence-corrected chi connectivity index (χ2v) is 3.77. The van der Waals surface area contributed by atoms with Gasteiger partial charge in [-0.15, -0.1) is 0 Å². The minimum atomic E-state index is -0.384. The largest absolute Gasteiger partial charge is 0.332 e. The molecule has 0 N–H and O–H groups in total. The molecule has 0 radical (unpaired) electrons. The monoisotopic (exact) mass is 440 g/mol. The normalized spacial score (nSPS) is 8.62. The van der Waals surface area contributed by atoms with Gasteiger partial charge in [-0.05, 0) is 7.85 Å². The highest BCUT2D eigenvalue weighted by Crippen LogP contribution is 1.81. The Morgan fingerprint density at radius 3 is 2.38 bits per heavy atom. The molecule has 1 rings (SSSR count). The summed E-state index contributed by atoms with van der Waals surface area (Å²) in [6.07, 6.45) is 1.44. The Balaban J connectivity index is 3.23. The van der Waals surface area contributed by atoms with Crippen molar-refractivity contribution in [3.63, 3.8) is 0 Å². The molecule has 0 bridgehead atoms. The van der Waals surface area contributed by atoms with E-state index in [1.807, 2.05) is 45.2 Å². The molecule has 0 saturated carbocycles. The lowest BCUT2D eigenvalue weighted by Gasteiger charge is -2.03. The summed E-state index contributed by atoms with van der Waals surface area (Å²) in [7, 11) is 0. The maximum atomic E-state index is 11.8. The van der Waals surface area contributed by atoms with E-state index in [9.17, 15) is 9.59 Å². The predicted octanol–water partition coefficient (Wildman–Crippen LogP) is 0.802. The summed E-state index contributed by atoms with van der Waals surface area (Å²) < 4.78 is 7.74. The summed E-state index contributed by atoms with van der Waals surface area (Å²) in [4.78, 5) is 23.2. The van der Waals surface area contributed by atoms with Gasteiger partial charge in [-0.25, -0.2) is 9.36 Å². The highest BCUT2D eigenvalue weighted by molar-refractivity contribution is 14.1. The molecule has 1 aromatic heterocycles. The minimum absolute atomic E-state index is 0.110. The Morgan fingerprint density at radius 1 is 1.12 bits per heavy atom. The third kappa shape index (κ3) is 3.39. The van der Waals surface area contributed by atoms with Crippen LogP contribution in [0.1, 0.15) is 0 Å². The van der Waals surface area contributed by atoms with E-state index in [1.165, 1.54) is 16.8 Å². The van der Waals surface area contributed by atoms with Gasteiger partial charge in [0.25, 0.3) is 5.56 Å². The van der Waals surface area contributed by atoms with Gasteiger partial charge in [0.1, 0.15) is 0 Å². The highest BCUT2D eigenvalue weighted by Gasteiger charge is 2.02. The van der Waals surface area contributed by atoms with E-state index < -0.39 is 0 Å². The van der Waals surface area contributed by atoms with E-state index in [-0.39, 0.29) is 24.3 Å². The van der Waals surface area contributed by atoms with E-state index in [4.69, 9.17) is 0 Å². The van der Waals surface area contributed by atoms with Crippen molar-refractivity contribution in [3.8, 4) is 19.7 Å². The van der Waals surface area contributed by atoms with Crippen LogP contribution in [0.3, 0.4) is 0 Å². The van der Waals surface area contributed by atoms with Gasteiger partial charge in [-0.3, -0.25) is 9.36 Å². The topological polar surface area (TPSA) is 44.0 Å². The third-order valence-electron chi connectivity index (χ3n) is 1.76. The van der Waals surface area contributed by atoms with Crippen molar-refractivity contribution in [2.75, 3.05) is 0 Å². The van der Waals surface area contributed by atoms with Crippen LogP contribution < -0.4 is 11.2 Å². The predicted molar refractivity (Wildman–Crippen MR) is 78.6 cm³/mol. The zero-order valence-electron chi connectivity index (χ0n) is 8.04. The average molecular weight is 440 g/mol. The molecule has 4 nitrogen and oxygen atoms in total. The van der Waals surface area contributed by atoms with Crippen LogP contribution in [-0.2, 0) is 13.1 Å². The van der Waals surface area contributed by atoms with Crippen LogP contribution in [0.25, 0.3) is 0 Å². The molecule has 0 aromatic carbocycles. The molecular weight excluding hydrogens is 434 g/mol. The minimum Gasteiger partial charge on any atom is -0.289 e. The van der Waals surface area contributed by atoms with Gasteiger partial charge < -0.3 is 0 Å². The summed E-state index contributed by atoms with van der Waals surface area (Å²) in [6, 6.07) is 1.34. The highest BCUT2D eigenvalue weighted by atomic mass is 127. The van der Waals surface area contributed by atoms with Gasteiger partial charge in [-0.1, -0.05) is 11.8 Å². The Labute approximate surface area is 119 Å². The molecule has 0 spiro atoms. The molecule has 0 amide bonds. The molecule has 6 heteroatoms. The Bertz CT molecular complexity index is 608. The van der Waals surface area contributed by atoms with Crippen LogP contribution in [0.5, 0.6) is 0 Å². The average Bonchev–Trinajstić information content (AvgIpc) is 2.28. The first-order valence-corrected chi connectivity index (χ1v) is 6.33. The fraction of sp³-hybridized carbons (Fsp3) is 0.200. The third-order valence-corrected chi connectivity index (χ3v) is 2.52. The Hall–Kier alpha value is -0.740. The summed E-state index contributed by atoms with van der Waals surface area (Å²) in [5.74, 6) is 5.43. The molecule has 0 aliphatic carbocycles. The molecule has 0 atom stereocenters. The summed E-state index contributed by atoms with van der Waals surface area (Å²) in [5.41, 5.74) is -0.728. The second kappa shape index (κ2) is 6.76. The summed E-state index contributed by atoms with van der Waals surface area (Å²) in [6.45, 7) is 0.388. The van der Waals surface area contributed by atoms with Crippen LogP contribution in [0.15, 0.2) is 21.9 Å². The molecule has 16 heavy (non-hydrogen) atoms. The van der Waals surface area contributed by atoms with Gasteiger partial charge in [0.15, 0.2) is 0 Å². The van der Waals surface area contributed by atoms with Crippen molar-refractivity contribution < 1.29 is 0 Å². The van der Waals surface area contributed by atoms with Gasteiger partial charge >= 0.3 is 5.69 Å². The first-order valence-electron chi connectivity index (χ1n) is 4.18. The van der Waals surface area contributed by atoms with Gasteiger partial charge in [0.05, 0.1) is 13.1 Å². The smallest absolute Gasteiger partial charge is 0.289 e. The molecule has 0 aliphatic heterocycles. The fourth-order valence-corrected chi connectivity index (χ4v) is 1.39. The zero-order chi connectivity index (χ0) is 12.0. The Morgan fingerprint density at radius 2 is 1.75 bits per heavy atom. The first kappa shape index (κ1) is 13.3. The maximum Gasteiger partial charge on any atom is 0.332 e. The number of hydrogen-bond donors (Lipinski definition) is 0. The Kier molecular flexibility index (Phi) is 5.63. The quantitative estimate of drug-likeness (QED) is 0.505. The molecule has 0 fully saturated rings. The van der Waals surface area contributed by atoms with E-state index in [2.05, 4.69) is 19.7 Å². The fourth-order valence-electron chi connectivity index (χ4n) is 1.05. The lowest BCUT2D eigenvalue weighted by Crippen LogP contribution is -2.38. The SMILES string of the molecule is O=c1ccn(CC#CI)c(=O)n1CC#CI. The van der Waals surface area contributed by atoms with Crippen molar-refractivity contribution in [1.82, 2.24) is 9.13 Å². The van der Waals surface area contributed by atoms with Crippen molar-refractivity contribution in [2.24, 2.45) is 0 Å².